The topological polar surface area (TPSA) is 30.5 Å². The van der Waals surface area contributed by atoms with Crippen LogP contribution in [0.4, 0.5) is 0 Å². The molecule has 0 aliphatic carbocycles. The fourth-order valence-electron chi connectivity index (χ4n) is 2.46. The van der Waals surface area contributed by atoms with Gasteiger partial charge in [0, 0.05) is 5.41 Å². The van der Waals surface area contributed by atoms with Crippen molar-refractivity contribution in [3.63, 3.8) is 0 Å². The van der Waals surface area contributed by atoms with Gasteiger partial charge in [-0.2, -0.15) is 0 Å². The van der Waals surface area contributed by atoms with Gasteiger partial charge in [-0.15, -0.1) is 0 Å². The highest BCUT2D eigenvalue weighted by Crippen LogP contribution is 2.37. The Morgan fingerprint density at radius 1 is 1.39 bits per heavy atom. The van der Waals surface area contributed by atoms with Gasteiger partial charge in [-0.1, -0.05) is 12.1 Å². The van der Waals surface area contributed by atoms with E-state index < -0.39 is 0 Å². The lowest BCUT2D eigenvalue weighted by Gasteiger charge is -2.42. The number of benzene rings is 1. The van der Waals surface area contributed by atoms with Crippen molar-refractivity contribution < 1.29 is 9.47 Å². The summed E-state index contributed by atoms with van der Waals surface area (Å²) in [5.41, 5.74) is 2.80. The Labute approximate surface area is 109 Å². The van der Waals surface area contributed by atoms with Crippen molar-refractivity contribution in [3.05, 3.63) is 29.3 Å². The molecule has 1 saturated heterocycles. The predicted octanol–water partition coefficient (Wildman–Crippen LogP) is 2.27. The third-order valence-corrected chi connectivity index (χ3v) is 3.70. The smallest absolute Gasteiger partial charge is 0.122 e. The molecule has 3 nitrogen and oxygen atoms in total. The predicted molar refractivity (Wildman–Crippen MR) is 73.4 cm³/mol. The fourth-order valence-corrected chi connectivity index (χ4v) is 2.46. The number of nitrogens with one attached hydrogen (secondary N) is 1. The molecule has 0 atom stereocenters. The van der Waals surface area contributed by atoms with Crippen molar-refractivity contribution in [2.24, 2.45) is 0 Å². The van der Waals surface area contributed by atoms with E-state index in [1.54, 1.807) is 0 Å². The molecular weight excluding hydrogens is 226 g/mol. The maximum absolute atomic E-state index is 5.59. The fraction of sp³-hybridized carbons (Fsp3) is 0.600. The molecule has 1 fully saturated rings. The van der Waals surface area contributed by atoms with Crippen molar-refractivity contribution in [1.29, 1.82) is 0 Å². The van der Waals surface area contributed by atoms with Crippen LogP contribution in [0.2, 0.25) is 0 Å². The first-order chi connectivity index (χ1) is 8.72. The van der Waals surface area contributed by atoms with Gasteiger partial charge in [-0.25, -0.2) is 0 Å². The Morgan fingerprint density at radius 3 is 2.67 bits per heavy atom. The van der Waals surface area contributed by atoms with Gasteiger partial charge < -0.3 is 14.8 Å². The Hall–Kier alpha value is -1.06. The minimum absolute atomic E-state index is 0.207. The average Bonchev–Trinajstić information content (AvgIpc) is 2.31. The van der Waals surface area contributed by atoms with E-state index in [9.17, 15) is 0 Å². The molecular formula is C15H23NO2. The van der Waals surface area contributed by atoms with Gasteiger partial charge in [0.1, 0.15) is 5.75 Å². The van der Waals surface area contributed by atoms with Crippen LogP contribution < -0.4 is 10.1 Å². The van der Waals surface area contributed by atoms with E-state index in [1.807, 2.05) is 14.0 Å². The highest BCUT2D eigenvalue weighted by Gasteiger charge is 2.39. The average molecular weight is 249 g/mol. The maximum atomic E-state index is 5.59. The molecule has 0 bridgehead atoms. The molecule has 0 spiro atoms. The summed E-state index contributed by atoms with van der Waals surface area (Å²) in [6.07, 6.45) is 1.12. The molecule has 100 valence electrons. The molecule has 2 rings (SSSR count). The Bertz CT molecular complexity index is 399. The summed E-state index contributed by atoms with van der Waals surface area (Å²) in [4.78, 5) is 0. The molecule has 0 unspecified atom stereocenters. The first-order valence-corrected chi connectivity index (χ1v) is 6.68. The van der Waals surface area contributed by atoms with E-state index in [0.717, 1.165) is 31.9 Å². The van der Waals surface area contributed by atoms with Gasteiger partial charge in [0.25, 0.3) is 0 Å². The van der Waals surface area contributed by atoms with Crippen LogP contribution in [0.15, 0.2) is 18.2 Å². The Balaban J connectivity index is 2.18. The van der Waals surface area contributed by atoms with E-state index in [2.05, 4.69) is 30.4 Å². The molecule has 0 aromatic heterocycles. The lowest BCUT2D eigenvalue weighted by Crippen LogP contribution is -2.48. The molecule has 1 aliphatic heterocycles. The summed E-state index contributed by atoms with van der Waals surface area (Å²) in [6.45, 7) is 7.54. The summed E-state index contributed by atoms with van der Waals surface area (Å²) in [6, 6.07) is 6.53. The molecule has 1 aromatic carbocycles. The maximum Gasteiger partial charge on any atom is 0.122 e. The van der Waals surface area contributed by atoms with E-state index in [-0.39, 0.29) is 5.41 Å². The Kier molecular flexibility index (Phi) is 4.25. The van der Waals surface area contributed by atoms with Crippen LogP contribution in [0, 0.1) is 6.92 Å². The largest absolute Gasteiger partial charge is 0.494 e. The third kappa shape index (κ3) is 2.52. The van der Waals surface area contributed by atoms with Gasteiger partial charge in [0.2, 0.25) is 0 Å². The number of ether oxygens (including phenoxy) is 2. The third-order valence-electron chi connectivity index (χ3n) is 3.70. The molecule has 18 heavy (non-hydrogen) atoms. The van der Waals surface area contributed by atoms with Gasteiger partial charge in [0.15, 0.2) is 0 Å². The summed E-state index contributed by atoms with van der Waals surface area (Å²) < 4.78 is 11.0. The second kappa shape index (κ2) is 5.72. The number of rotatable bonds is 6. The highest BCUT2D eigenvalue weighted by atomic mass is 16.5. The van der Waals surface area contributed by atoms with Crippen LogP contribution in [0.1, 0.15) is 24.5 Å². The summed E-state index contributed by atoms with van der Waals surface area (Å²) in [5.74, 6) is 0.991. The quantitative estimate of drug-likeness (QED) is 0.839. The van der Waals surface area contributed by atoms with E-state index >= 15 is 0 Å². The normalized spacial score (nSPS) is 17.3. The van der Waals surface area contributed by atoms with Crippen molar-refractivity contribution in [3.8, 4) is 5.75 Å². The van der Waals surface area contributed by atoms with Crippen LogP contribution in [0.25, 0.3) is 0 Å². The molecule has 1 aromatic rings. The molecule has 0 amide bonds. The van der Waals surface area contributed by atoms with Crippen LogP contribution >= 0.6 is 0 Å². The van der Waals surface area contributed by atoms with Crippen molar-refractivity contribution in [1.82, 2.24) is 5.32 Å². The molecule has 1 N–H and O–H groups in total. The highest BCUT2D eigenvalue weighted by molar-refractivity contribution is 5.40. The second-order valence-corrected chi connectivity index (χ2v) is 5.04. The van der Waals surface area contributed by atoms with Crippen molar-refractivity contribution in [2.75, 3.05) is 33.4 Å². The van der Waals surface area contributed by atoms with E-state index in [4.69, 9.17) is 9.47 Å². The van der Waals surface area contributed by atoms with Gasteiger partial charge >= 0.3 is 0 Å². The SMILES string of the molecule is CCOc1ccc(C2(CCNC)COC2)cc1C. The summed E-state index contributed by atoms with van der Waals surface area (Å²) in [7, 11) is 2.00. The van der Waals surface area contributed by atoms with Crippen molar-refractivity contribution in [2.45, 2.75) is 25.7 Å². The van der Waals surface area contributed by atoms with Crippen LogP contribution in [0.3, 0.4) is 0 Å². The first kappa shape index (κ1) is 13.4. The number of hydrogen-bond donors (Lipinski definition) is 1. The standard InChI is InChI=1S/C15H23NO2/c1-4-18-14-6-5-13(9-12(14)2)15(7-8-16-3)10-17-11-15/h5-6,9,16H,4,7-8,10-11H2,1-3H3. The zero-order valence-corrected chi connectivity index (χ0v) is 11.6. The number of hydrogen-bond acceptors (Lipinski definition) is 3. The van der Waals surface area contributed by atoms with E-state index in [0.29, 0.717) is 6.61 Å². The molecule has 1 aliphatic rings. The van der Waals surface area contributed by atoms with Gasteiger partial charge in [-0.3, -0.25) is 0 Å². The van der Waals surface area contributed by atoms with E-state index in [1.165, 1.54) is 11.1 Å². The first-order valence-electron chi connectivity index (χ1n) is 6.68. The lowest BCUT2D eigenvalue weighted by atomic mass is 9.75. The lowest BCUT2D eigenvalue weighted by molar-refractivity contribution is -0.0638. The zero-order valence-electron chi connectivity index (χ0n) is 11.6. The van der Waals surface area contributed by atoms with Crippen LogP contribution in [-0.4, -0.2) is 33.4 Å². The molecule has 3 heteroatoms. The van der Waals surface area contributed by atoms with Gasteiger partial charge in [0.05, 0.1) is 19.8 Å². The number of aryl methyl sites for hydroxylation is 1. The van der Waals surface area contributed by atoms with Crippen molar-refractivity contribution >= 4 is 0 Å². The van der Waals surface area contributed by atoms with Crippen LogP contribution in [0.5, 0.6) is 5.75 Å². The van der Waals surface area contributed by atoms with Gasteiger partial charge in [-0.05, 0) is 51.1 Å². The minimum atomic E-state index is 0.207. The summed E-state index contributed by atoms with van der Waals surface area (Å²) in [5, 5.41) is 3.23. The zero-order chi connectivity index (χ0) is 13.0. The molecule has 1 heterocycles. The molecule has 0 radical (unpaired) electrons. The second-order valence-electron chi connectivity index (χ2n) is 5.04. The Morgan fingerprint density at radius 2 is 2.17 bits per heavy atom. The molecule has 0 saturated carbocycles. The monoisotopic (exact) mass is 249 g/mol. The minimum Gasteiger partial charge on any atom is -0.494 e. The van der Waals surface area contributed by atoms with Crippen LogP contribution in [-0.2, 0) is 10.2 Å². The summed E-state index contributed by atoms with van der Waals surface area (Å²) >= 11 is 0.